The smallest absolute Gasteiger partial charge is 0.408 e. The number of ether oxygens (including phenoxy) is 1. The first-order chi connectivity index (χ1) is 14.3. The Morgan fingerprint density at radius 2 is 1.43 bits per heavy atom. The highest BCUT2D eigenvalue weighted by Gasteiger charge is 2.27. The van der Waals surface area contributed by atoms with Gasteiger partial charge in [0.2, 0.25) is 5.91 Å². The van der Waals surface area contributed by atoms with Gasteiger partial charge in [0, 0.05) is 6.42 Å². The quantitative estimate of drug-likeness (QED) is 0.556. The SMILES string of the molecule is CC(C)C[C@H](NC(=O)[C@H](Cc1ccccc1)NC(=O)OCc1ccccc1)C(=O)O. The molecule has 0 bridgehead atoms. The van der Waals surface area contributed by atoms with Crippen molar-refractivity contribution >= 4 is 18.0 Å². The van der Waals surface area contributed by atoms with Crippen LogP contribution in [-0.4, -0.2) is 35.2 Å². The van der Waals surface area contributed by atoms with E-state index in [1.54, 1.807) is 0 Å². The Kier molecular flexibility index (Phi) is 8.87. The molecule has 3 N–H and O–H groups in total. The lowest BCUT2D eigenvalue weighted by Gasteiger charge is -2.22. The second-order valence-corrected chi connectivity index (χ2v) is 7.48. The number of rotatable bonds is 10. The number of alkyl carbamates (subject to hydrolysis) is 1. The zero-order chi connectivity index (χ0) is 21.9. The third-order valence-electron chi connectivity index (χ3n) is 4.43. The van der Waals surface area contributed by atoms with Gasteiger partial charge in [-0.2, -0.15) is 0 Å². The molecule has 7 heteroatoms. The second kappa shape index (κ2) is 11.6. The lowest BCUT2D eigenvalue weighted by atomic mass is 10.0. The molecule has 2 amide bonds. The number of aliphatic carboxylic acids is 1. The molecule has 0 fully saturated rings. The number of benzene rings is 2. The van der Waals surface area contributed by atoms with E-state index in [0.717, 1.165) is 11.1 Å². The van der Waals surface area contributed by atoms with Gasteiger partial charge in [-0.15, -0.1) is 0 Å². The van der Waals surface area contributed by atoms with Crippen molar-refractivity contribution < 1.29 is 24.2 Å². The van der Waals surface area contributed by atoms with Gasteiger partial charge in [0.1, 0.15) is 18.7 Å². The molecule has 30 heavy (non-hydrogen) atoms. The molecule has 0 aliphatic rings. The van der Waals surface area contributed by atoms with Gasteiger partial charge in [-0.1, -0.05) is 74.5 Å². The van der Waals surface area contributed by atoms with E-state index in [-0.39, 0.29) is 25.4 Å². The molecule has 0 aromatic heterocycles. The highest BCUT2D eigenvalue weighted by Crippen LogP contribution is 2.08. The summed E-state index contributed by atoms with van der Waals surface area (Å²) in [5.74, 6) is -1.59. The van der Waals surface area contributed by atoms with E-state index in [9.17, 15) is 19.5 Å². The summed E-state index contributed by atoms with van der Waals surface area (Å²) in [4.78, 5) is 36.6. The van der Waals surface area contributed by atoms with Gasteiger partial charge in [0.05, 0.1) is 0 Å². The zero-order valence-corrected chi connectivity index (χ0v) is 17.2. The molecule has 2 atom stereocenters. The van der Waals surface area contributed by atoms with Crippen LogP contribution in [0.15, 0.2) is 60.7 Å². The summed E-state index contributed by atoms with van der Waals surface area (Å²) in [6.07, 6.45) is -0.246. The minimum Gasteiger partial charge on any atom is -0.480 e. The van der Waals surface area contributed by atoms with Crippen LogP contribution < -0.4 is 10.6 Å². The molecule has 2 aromatic rings. The predicted octanol–water partition coefficient (Wildman–Crippen LogP) is 3.14. The summed E-state index contributed by atoms with van der Waals surface area (Å²) in [6, 6.07) is 16.4. The predicted molar refractivity (Wildman–Crippen MR) is 113 cm³/mol. The standard InChI is InChI=1S/C23H28N2O5/c1-16(2)13-20(22(27)28)24-21(26)19(14-17-9-5-3-6-10-17)25-23(29)30-15-18-11-7-4-8-12-18/h3-12,16,19-20H,13-15H2,1-2H3,(H,24,26)(H,25,29)(H,27,28)/t19-,20-/m0/s1. The molecule has 0 aliphatic carbocycles. The summed E-state index contributed by atoms with van der Waals surface area (Å²) in [6.45, 7) is 3.82. The highest BCUT2D eigenvalue weighted by atomic mass is 16.5. The molecule has 0 unspecified atom stereocenters. The fourth-order valence-electron chi connectivity index (χ4n) is 2.93. The molecule has 2 rings (SSSR count). The summed E-state index contributed by atoms with van der Waals surface area (Å²) in [5.41, 5.74) is 1.65. The third-order valence-corrected chi connectivity index (χ3v) is 4.43. The number of hydrogen-bond acceptors (Lipinski definition) is 4. The van der Waals surface area contributed by atoms with Crippen LogP contribution >= 0.6 is 0 Å². The number of hydrogen-bond donors (Lipinski definition) is 3. The van der Waals surface area contributed by atoms with E-state index in [4.69, 9.17) is 4.74 Å². The highest BCUT2D eigenvalue weighted by molar-refractivity contribution is 5.89. The van der Waals surface area contributed by atoms with Gasteiger partial charge in [0.25, 0.3) is 0 Å². The minimum atomic E-state index is -1.11. The first-order valence-electron chi connectivity index (χ1n) is 9.89. The van der Waals surface area contributed by atoms with Crippen molar-refractivity contribution in [1.29, 1.82) is 0 Å². The maximum atomic E-state index is 12.8. The first-order valence-corrected chi connectivity index (χ1v) is 9.89. The van der Waals surface area contributed by atoms with Crippen molar-refractivity contribution in [2.45, 2.75) is 45.4 Å². The number of carboxylic acid groups (broad SMARTS) is 1. The Morgan fingerprint density at radius 3 is 1.97 bits per heavy atom. The van der Waals surface area contributed by atoms with Gasteiger partial charge >= 0.3 is 12.1 Å². The van der Waals surface area contributed by atoms with Crippen LogP contribution in [0.25, 0.3) is 0 Å². The minimum absolute atomic E-state index is 0.0669. The lowest BCUT2D eigenvalue weighted by molar-refractivity contribution is -0.142. The van der Waals surface area contributed by atoms with E-state index in [0.29, 0.717) is 0 Å². The van der Waals surface area contributed by atoms with E-state index in [1.165, 1.54) is 0 Å². The molecular formula is C23H28N2O5. The van der Waals surface area contributed by atoms with E-state index < -0.39 is 30.1 Å². The fraction of sp³-hybridized carbons (Fsp3) is 0.348. The maximum absolute atomic E-state index is 12.8. The molecule has 2 aromatic carbocycles. The van der Waals surface area contributed by atoms with Crippen molar-refractivity contribution in [3.05, 3.63) is 71.8 Å². The monoisotopic (exact) mass is 412 g/mol. The van der Waals surface area contributed by atoms with Crippen LogP contribution in [0, 0.1) is 5.92 Å². The molecule has 0 saturated carbocycles. The molecule has 0 aliphatic heterocycles. The van der Waals surface area contributed by atoms with Gasteiger partial charge in [-0.05, 0) is 23.5 Å². The molecule has 0 spiro atoms. The van der Waals surface area contributed by atoms with Crippen molar-refractivity contribution in [2.24, 2.45) is 5.92 Å². The molecule has 0 saturated heterocycles. The number of nitrogens with one attached hydrogen (secondary N) is 2. The third kappa shape index (κ3) is 7.95. The lowest BCUT2D eigenvalue weighted by Crippen LogP contribution is -2.52. The molecule has 0 heterocycles. The Hall–Kier alpha value is -3.35. The fourth-order valence-corrected chi connectivity index (χ4v) is 2.93. The largest absolute Gasteiger partial charge is 0.480 e. The van der Waals surface area contributed by atoms with Crippen LogP contribution in [0.2, 0.25) is 0 Å². The summed E-state index contributed by atoms with van der Waals surface area (Å²) < 4.78 is 5.22. The average molecular weight is 412 g/mol. The molecule has 7 nitrogen and oxygen atoms in total. The topological polar surface area (TPSA) is 105 Å². The van der Waals surface area contributed by atoms with Gasteiger partial charge in [-0.3, -0.25) is 4.79 Å². The average Bonchev–Trinajstić information content (AvgIpc) is 2.72. The van der Waals surface area contributed by atoms with Gasteiger partial charge in [-0.25, -0.2) is 9.59 Å². The zero-order valence-electron chi connectivity index (χ0n) is 17.2. The van der Waals surface area contributed by atoms with Crippen LogP contribution in [-0.2, 0) is 27.4 Å². The van der Waals surface area contributed by atoms with E-state index in [2.05, 4.69) is 10.6 Å². The van der Waals surface area contributed by atoms with Crippen molar-refractivity contribution in [3.8, 4) is 0 Å². The molecule has 160 valence electrons. The summed E-state index contributed by atoms with van der Waals surface area (Å²) in [7, 11) is 0. The van der Waals surface area contributed by atoms with Crippen LogP contribution in [0.4, 0.5) is 4.79 Å². The van der Waals surface area contributed by atoms with Crippen molar-refractivity contribution in [2.75, 3.05) is 0 Å². The Bertz CT molecular complexity index is 824. The Labute approximate surface area is 176 Å². The van der Waals surface area contributed by atoms with Gasteiger partial charge in [0.15, 0.2) is 0 Å². The number of amides is 2. The van der Waals surface area contributed by atoms with Crippen molar-refractivity contribution in [1.82, 2.24) is 10.6 Å². The summed E-state index contributed by atoms with van der Waals surface area (Å²) in [5, 5.41) is 14.5. The molecule has 0 radical (unpaired) electrons. The Morgan fingerprint density at radius 1 is 0.867 bits per heavy atom. The normalized spacial score (nSPS) is 12.6. The number of carbonyl (C=O) groups excluding carboxylic acids is 2. The van der Waals surface area contributed by atoms with Crippen molar-refractivity contribution in [3.63, 3.8) is 0 Å². The van der Waals surface area contributed by atoms with Crippen LogP contribution in [0.5, 0.6) is 0 Å². The molecular weight excluding hydrogens is 384 g/mol. The second-order valence-electron chi connectivity index (χ2n) is 7.48. The number of carbonyl (C=O) groups is 3. The maximum Gasteiger partial charge on any atom is 0.408 e. The number of carboxylic acids is 1. The first kappa shape index (κ1) is 22.9. The van der Waals surface area contributed by atoms with E-state index in [1.807, 2.05) is 74.5 Å². The van der Waals surface area contributed by atoms with Crippen LogP contribution in [0.3, 0.4) is 0 Å². The van der Waals surface area contributed by atoms with Crippen LogP contribution in [0.1, 0.15) is 31.4 Å². The van der Waals surface area contributed by atoms with E-state index >= 15 is 0 Å². The summed E-state index contributed by atoms with van der Waals surface area (Å²) >= 11 is 0. The van der Waals surface area contributed by atoms with Gasteiger partial charge < -0.3 is 20.5 Å². The Balaban J connectivity index is 2.06.